The van der Waals surface area contributed by atoms with Crippen molar-refractivity contribution in [3.8, 4) is 10.6 Å². The summed E-state index contributed by atoms with van der Waals surface area (Å²) in [6, 6.07) is 10.3. The zero-order valence-electron chi connectivity index (χ0n) is 14.3. The SMILES string of the molecule is O=[N+]([O-])c1cc(Br)ccc1-c1nn2c(Cc3[nH]nc4ccc(Cl)cc34)nnc2s1. The number of hydrogen-bond donors (Lipinski definition) is 1. The van der Waals surface area contributed by atoms with Gasteiger partial charge >= 0.3 is 0 Å². The number of rotatable bonds is 4. The molecule has 5 rings (SSSR count). The molecule has 3 aromatic heterocycles. The second-order valence-corrected chi connectivity index (χ2v) is 8.48. The highest BCUT2D eigenvalue weighted by molar-refractivity contribution is 9.10. The summed E-state index contributed by atoms with van der Waals surface area (Å²) in [5.41, 5.74) is 2.04. The first-order chi connectivity index (χ1) is 14.0. The van der Waals surface area contributed by atoms with Crippen LogP contribution < -0.4 is 0 Å². The molecule has 1 N–H and O–H groups in total. The van der Waals surface area contributed by atoms with Gasteiger partial charge in [0.15, 0.2) is 10.8 Å². The Balaban J connectivity index is 1.57. The first kappa shape index (κ1) is 18.2. The van der Waals surface area contributed by atoms with Gasteiger partial charge < -0.3 is 0 Å². The molecule has 29 heavy (non-hydrogen) atoms. The van der Waals surface area contributed by atoms with Gasteiger partial charge in [0.05, 0.1) is 28.1 Å². The van der Waals surface area contributed by atoms with E-state index in [1.165, 1.54) is 17.4 Å². The maximum atomic E-state index is 11.4. The van der Waals surface area contributed by atoms with E-state index in [2.05, 4.69) is 41.4 Å². The van der Waals surface area contributed by atoms with Gasteiger partial charge in [0.25, 0.3) is 5.69 Å². The van der Waals surface area contributed by atoms with Crippen LogP contribution in [0.15, 0.2) is 40.9 Å². The van der Waals surface area contributed by atoms with Gasteiger partial charge in [0.2, 0.25) is 4.96 Å². The summed E-state index contributed by atoms with van der Waals surface area (Å²) < 4.78 is 2.23. The smallest absolute Gasteiger partial charge is 0.280 e. The summed E-state index contributed by atoms with van der Waals surface area (Å²) in [5, 5.41) is 33.6. The number of benzene rings is 2. The fourth-order valence-corrected chi connectivity index (χ4v) is 4.45. The van der Waals surface area contributed by atoms with E-state index in [-0.39, 0.29) is 5.69 Å². The average molecular weight is 491 g/mol. The maximum Gasteiger partial charge on any atom is 0.280 e. The van der Waals surface area contributed by atoms with Crippen molar-refractivity contribution in [2.45, 2.75) is 6.42 Å². The summed E-state index contributed by atoms with van der Waals surface area (Å²) in [7, 11) is 0. The Morgan fingerprint density at radius 1 is 1.24 bits per heavy atom. The zero-order valence-corrected chi connectivity index (χ0v) is 17.5. The third-order valence-electron chi connectivity index (χ3n) is 4.37. The normalized spacial score (nSPS) is 11.5. The minimum Gasteiger partial charge on any atom is -0.281 e. The van der Waals surface area contributed by atoms with Crippen LogP contribution in [0.4, 0.5) is 5.69 Å². The Morgan fingerprint density at radius 3 is 2.93 bits per heavy atom. The van der Waals surface area contributed by atoms with E-state index >= 15 is 0 Å². The predicted octanol–water partition coefficient (Wildman–Crippen LogP) is 4.64. The summed E-state index contributed by atoms with van der Waals surface area (Å²) >= 11 is 10.6. The van der Waals surface area contributed by atoms with Crippen LogP contribution in [0.3, 0.4) is 0 Å². The van der Waals surface area contributed by atoms with E-state index in [0.29, 0.717) is 37.3 Å². The van der Waals surface area contributed by atoms with Crippen molar-refractivity contribution in [1.29, 1.82) is 0 Å². The topological polar surface area (TPSA) is 115 Å². The van der Waals surface area contributed by atoms with Gasteiger partial charge in [0.1, 0.15) is 0 Å². The van der Waals surface area contributed by atoms with Gasteiger partial charge in [-0.1, -0.05) is 38.9 Å². The molecule has 0 aliphatic heterocycles. The molecular weight excluding hydrogens is 482 g/mol. The van der Waals surface area contributed by atoms with Crippen molar-refractivity contribution in [3.05, 3.63) is 67.5 Å². The molecule has 0 atom stereocenters. The van der Waals surface area contributed by atoms with Crippen LogP contribution in [-0.4, -0.2) is 34.9 Å². The van der Waals surface area contributed by atoms with E-state index in [1.807, 2.05) is 12.1 Å². The lowest BCUT2D eigenvalue weighted by Crippen LogP contribution is -1.99. The van der Waals surface area contributed by atoms with Crippen LogP contribution in [0.25, 0.3) is 26.4 Å². The highest BCUT2D eigenvalue weighted by Crippen LogP contribution is 2.35. The lowest BCUT2D eigenvalue weighted by molar-refractivity contribution is -0.384. The standard InChI is InChI=1S/C17H9BrClN7O2S/c18-8-1-3-10(14(5-8)26(27)28)16-24-25-15(22-23-17(25)29-16)7-13-11-6-9(19)2-4-12(11)20-21-13/h1-6H,7H2,(H,20,21). The number of halogens is 2. The van der Waals surface area contributed by atoms with Crippen LogP contribution in [0.2, 0.25) is 5.02 Å². The van der Waals surface area contributed by atoms with E-state index in [9.17, 15) is 10.1 Å². The summed E-state index contributed by atoms with van der Waals surface area (Å²) in [6.07, 6.45) is 0.406. The van der Waals surface area contributed by atoms with Gasteiger partial charge in [0, 0.05) is 20.9 Å². The van der Waals surface area contributed by atoms with Crippen LogP contribution in [0, 0.1) is 10.1 Å². The average Bonchev–Trinajstić information content (AvgIpc) is 3.38. The van der Waals surface area contributed by atoms with Crippen molar-refractivity contribution in [1.82, 2.24) is 30.0 Å². The molecule has 0 saturated carbocycles. The number of aromatic nitrogens is 6. The molecule has 9 nitrogen and oxygen atoms in total. The highest BCUT2D eigenvalue weighted by Gasteiger charge is 2.21. The molecule has 0 aliphatic carbocycles. The molecular formula is C17H9BrClN7O2S. The van der Waals surface area contributed by atoms with Crippen molar-refractivity contribution >= 4 is 60.4 Å². The van der Waals surface area contributed by atoms with Crippen LogP contribution in [-0.2, 0) is 6.42 Å². The predicted molar refractivity (Wildman–Crippen MR) is 112 cm³/mol. The monoisotopic (exact) mass is 489 g/mol. The first-order valence-electron chi connectivity index (χ1n) is 8.27. The molecule has 2 aromatic carbocycles. The number of hydrogen-bond acceptors (Lipinski definition) is 7. The largest absolute Gasteiger partial charge is 0.281 e. The Labute approximate surface area is 179 Å². The van der Waals surface area contributed by atoms with E-state index in [1.54, 1.807) is 22.7 Å². The molecule has 3 heterocycles. The zero-order chi connectivity index (χ0) is 20.1. The maximum absolute atomic E-state index is 11.4. The second-order valence-electron chi connectivity index (χ2n) is 6.18. The third-order valence-corrected chi connectivity index (χ3v) is 6.03. The summed E-state index contributed by atoms with van der Waals surface area (Å²) in [5.74, 6) is 0.591. The van der Waals surface area contributed by atoms with Crippen LogP contribution in [0.1, 0.15) is 11.5 Å². The van der Waals surface area contributed by atoms with Crippen LogP contribution >= 0.6 is 38.9 Å². The molecule has 0 radical (unpaired) electrons. The Kier molecular flexibility index (Phi) is 4.30. The van der Waals surface area contributed by atoms with E-state index in [0.717, 1.165) is 16.6 Å². The number of aromatic amines is 1. The lowest BCUT2D eigenvalue weighted by Gasteiger charge is -2.00. The van der Waals surface area contributed by atoms with Gasteiger partial charge in [-0.3, -0.25) is 15.2 Å². The van der Waals surface area contributed by atoms with Gasteiger partial charge in [-0.05, 0) is 30.3 Å². The summed E-state index contributed by atoms with van der Waals surface area (Å²) in [6.45, 7) is 0. The molecule has 0 saturated heterocycles. The number of nitro benzene ring substituents is 1. The van der Waals surface area contributed by atoms with Gasteiger partial charge in [-0.2, -0.15) is 14.7 Å². The minimum absolute atomic E-state index is 0.0277. The fraction of sp³-hybridized carbons (Fsp3) is 0.0588. The molecule has 0 bridgehead atoms. The molecule has 12 heteroatoms. The minimum atomic E-state index is -0.427. The summed E-state index contributed by atoms with van der Waals surface area (Å²) in [4.78, 5) is 11.6. The third kappa shape index (κ3) is 3.16. The van der Waals surface area contributed by atoms with Crippen molar-refractivity contribution in [3.63, 3.8) is 0 Å². The number of nitro groups is 1. The Bertz CT molecular complexity index is 1410. The first-order valence-corrected chi connectivity index (χ1v) is 10.3. The second kappa shape index (κ2) is 6.87. The Hall–Kier alpha value is -2.89. The number of fused-ring (bicyclic) bond motifs is 2. The van der Waals surface area contributed by atoms with Gasteiger partial charge in [-0.15, -0.1) is 10.2 Å². The van der Waals surface area contributed by atoms with E-state index < -0.39 is 4.92 Å². The number of H-pyrrole nitrogens is 1. The van der Waals surface area contributed by atoms with Crippen molar-refractivity contribution < 1.29 is 4.92 Å². The molecule has 0 unspecified atom stereocenters. The Morgan fingerprint density at radius 2 is 2.10 bits per heavy atom. The molecule has 0 spiro atoms. The van der Waals surface area contributed by atoms with Gasteiger partial charge in [-0.25, -0.2) is 0 Å². The van der Waals surface area contributed by atoms with Crippen molar-refractivity contribution in [2.75, 3.05) is 0 Å². The number of nitrogens with one attached hydrogen (secondary N) is 1. The fourth-order valence-electron chi connectivity index (χ4n) is 3.04. The van der Waals surface area contributed by atoms with E-state index in [4.69, 9.17) is 11.6 Å². The molecule has 144 valence electrons. The molecule has 0 aliphatic rings. The quantitative estimate of drug-likeness (QED) is 0.290. The molecule has 0 fully saturated rings. The number of nitrogens with zero attached hydrogens (tertiary/aromatic N) is 6. The molecule has 5 aromatic rings. The highest BCUT2D eigenvalue weighted by atomic mass is 79.9. The van der Waals surface area contributed by atoms with Crippen LogP contribution in [0.5, 0.6) is 0 Å². The van der Waals surface area contributed by atoms with Crippen molar-refractivity contribution in [2.24, 2.45) is 0 Å². The lowest BCUT2D eigenvalue weighted by atomic mass is 10.1. The molecule has 0 amide bonds.